The van der Waals surface area contributed by atoms with Gasteiger partial charge in [-0.05, 0) is 30.5 Å². The van der Waals surface area contributed by atoms with Crippen molar-refractivity contribution in [1.82, 2.24) is 15.1 Å². The van der Waals surface area contributed by atoms with E-state index in [1.807, 2.05) is 12.1 Å². The standard InChI is InChI=1S/C19H25ClFN3O2/c1-23-13-15(10-17(23)25)12-22-18(26)24-8-6-19(21,7-9-24)11-14-2-4-16(20)5-3-14/h2-5,15H,6-13H2,1H3,(H,22,26). The van der Waals surface area contributed by atoms with Crippen LogP contribution < -0.4 is 5.32 Å². The fourth-order valence-corrected chi connectivity index (χ4v) is 3.82. The third kappa shape index (κ3) is 4.67. The van der Waals surface area contributed by atoms with E-state index in [0.29, 0.717) is 56.9 Å². The van der Waals surface area contributed by atoms with Crippen LogP contribution in [-0.4, -0.2) is 60.6 Å². The molecule has 0 radical (unpaired) electrons. The molecule has 1 aromatic carbocycles. The number of carbonyl (C=O) groups is 2. The highest BCUT2D eigenvalue weighted by Gasteiger charge is 2.36. The van der Waals surface area contributed by atoms with Gasteiger partial charge in [-0.2, -0.15) is 0 Å². The van der Waals surface area contributed by atoms with Crippen molar-refractivity contribution in [1.29, 1.82) is 0 Å². The Balaban J connectivity index is 1.44. The Kier molecular flexibility index (Phi) is 5.70. The number of carbonyl (C=O) groups excluding carboxylic acids is 2. The quantitative estimate of drug-likeness (QED) is 0.871. The van der Waals surface area contributed by atoms with Crippen molar-refractivity contribution in [3.05, 3.63) is 34.9 Å². The monoisotopic (exact) mass is 381 g/mol. The summed E-state index contributed by atoms with van der Waals surface area (Å²) in [4.78, 5) is 27.2. The van der Waals surface area contributed by atoms with E-state index < -0.39 is 5.67 Å². The number of halogens is 2. The lowest BCUT2D eigenvalue weighted by Crippen LogP contribution is -2.49. The first-order valence-corrected chi connectivity index (χ1v) is 9.42. The normalized spacial score (nSPS) is 22.6. The maximum Gasteiger partial charge on any atom is 0.317 e. The Hall–Kier alpha value is -1.82. The van der Waals surface area contributed by atoms with Crippen molar-refractivity contribution >= 4 is 23.5 Å². The van der Waals surface area contributed by atoms with E-state index in [1.54, 1.807) is 29.0 Å². The molecule has 3 amide bonds. The number of hydrogen-bond acceptors (Lipinski definition) is 2. The summed E-state index contributed by atoms with van der Waals surface area (Å²) in [5, 5.41) is 3.53. The van der Waals surface area contributed by atoms with Crippen LogP contribution in [0.3, 0.4) is 0 Å². The summed E-state index contributed by atoms with van der Waals surface area (Å²) < 4.78 is 15.1. The largest absolute Gasteiger partial charge is 0.345 e. The summed E-state index contributed by atoms with van der Waals surface area (Å²) in [5.41, 5.74) is -0.365. The molecule has 1 atom stereocenters. The van der Waals surface area contributed by atoms with Crippen LogP contribution in [0.2, 0.25) is 5.02 Å². The average molecular weight is 382 g/mol. The highest BCUT2D eigenvalue weighted by Crippen LogP contribution is 2.31. The predicted molar refractivity (Wildman–Crippen MR) is 98.9 cm³/mol. The van der Waals surface area contributed by atoms with E-state index in [2.05, 4.69) is 5.32 Å². The molecule has 2 saturated heterocycles. The molecule has 1 aromatic rings. The summed E-state index contributed by atoms with van der Waals surface area (Å²) >= 11 is 5.87. The van der Waals surface area contributed by atoms with Crippen LogP contribution in [0.5, 0.6) is 0 Å². The van der Waals surface area contributed by atoms with Gasteiger partial charge < -0.3 is 15.1 Å². The van der Waals surface area contributed by atoms with Gasteiger partial charge in [-0.15, -0.1) is 0 Å². The Bertz CT molecular complexity index is 659. The lowest BCUT2D eigenvalue weighted by molar-refractivity contribution is -0.126. The minimum absolute atomic E-state index is 0.117. The maximum absolute atomic E-state index is 15.1. The molecule has 3 rings (SSSR count). The topological polar surface area (TPSA) is 52.7 Å². The zero-order valence-corrected chi connectivity index (χ0v) is 15.8. The molecule has 5 nitrogen and oxygen atoms in total. The van der Waals surface area contributed by atoms with Crippen LogP contribution in [0.15, 0.2) is 24.3 Å². The summed E-state index contributed by atoms with van der Waals surface area (Å²) in [5.74, 6) is 0.276. The molecule has 2 aliphatic rings. The maximum atomic E-state index is 15.1. The van der Waals surface area contributed by atoms with Gasteiger partial charge in [-0.1, -0.05) is 23.7 Å². The number of alkyl halides is 1. The second kappa shape index (κ2) is 7.82. The zero-order valence-electron chi connectivity index (χ0n) is 15.0. The smallest absolute Gasteiger partial charge is 0.317 e. The van der Waals surface area contributed by atoms with E-state index in [-0.39, 0.29) is 17.9 Å². The Labute approximate surface area is 158 Å². The summed E-state index contributed by atoms with van der Waals surface area (Å²) in [6.45, 7) is 1.96. The number of piperidine rings is 1. The fourth-order valence-electron chi connectivity index (χ4n) is 3.69. The second-order valence-corrected chi connectivity index (χ2v) is 7.91. The number of benzene rings is 1. The minimum Gasteiger partial charge on any atom is -0.345 e. The third-order valence-corrected chi connectivity index (χ3v) is 5.60. The van der Waals surface area contributed by atoms with Crippen molar-refractivity contribution in [3.63, 3.8) is 0 Å². The number of likely N-dealkylation sites (tertiary alicyclic amines) is 2. The van der Waals surface area contributed by atoms with Gasteiger partial charge in [0, 0.05) is 57.0 Å². The highest BCUT2D eigenvalue weighted by molar-refractivity contribution is 6.30. The van der Waals surface area contributed by atoms with Crippen LogP contribution in [0.25, 0.3) is 0 Å². The van der Waals surface area contributed by atoms with Crippen LogP contribution >= 0.6 is 11.6 Å². The van der Waals surface area contributed by atoms with E-state index in [4.69, 9.17) is 11.6 Å². The third-order valence-electron chi connectivity index (χ3n) is 5.34. The highest BCUT2D eigenvalue weighted by atomic mass is 35.5. The molecular formula is C19H25ClFN3O2. The first-order valence-electron chi connectivity index (χ1n) is 9.05. The molecule has 2 aliphatic heterocycles. The number of amides is 3. The van der Waals surface area contributed by atoms with Gasteiger partial charge in [0.15, 0.2) is 0 Å². The Morgan fingerprint density at radius 3 is 2.54 bits per heavy atom. The van der Waals surface area contributed by atoms with Crippen molar-refractivity contribution in [2.45, 2.75) is 31.4 Å². The molecule has 0 spiro atoms. The summed E-state index contributed by atoms with van der Waals surface area (Å²) in [6, 6.07) is 7.08. The number of urea groups is 1. The first-order chi connectivity index (χ1) is 12.3. The molecule has 1 N–H and O–H groups in total. The molecule has 2 heterocycles. The lowest BCUT2D eigenvalue weighted by atomic mass is 9.87. The first kappa shape index (κ1) is 19.0. The zero-order chi connectivity index (χ0) is 18.7. The number of rotatable bonds is 4. The van der Waals surface area contributed by atoms with Crippen molar-refractivity contribution in [2.24, 2.45) is 5.92 Å². The van der Waals surface area contributed by atoms with Crippen LogP contribution in [0, 0.1) is 5.92 Å². The molecule has 0 saturated carbocycles. The molecule has 0 aromatic heterocycles. The van der Waals surface area contributed by atoms with Crippen molar-refractivity contribution in [3.8, 4) is 0 Å². The second-order valence-electron chi connectivity index (χ2n) is 7.47. The number of hydrogen-bond donors (Lipinski definition) is 1. The lowest BCUT2D eigenvalue weighted by Gasteiger charge is -2.36. The van der Waals surface area contributed by atoms with Gasteiger partial charge in [0.05, 0.1) is 0 Å². The molecule has 2 fully saturated rings. The number of nitrogens with one attached hydrogen (secondary N) is 1. The summed E-state index contributed by atoms with van der Waals surface area (Å²) in [7, 11) is 1.77. The van der Waals surface area contributed by atoms with E-state index in [1.165, 1.54) is 0 Å². The molecule has 0 aliphatic carbocycles. The molecule has 1 unspecified atom stereocenters. The molecular weight excluding hydrogens is 357 g/mol. The van der Waals surface area contributed by atoms with E-state index in [9.17, 15) is 9.59 Å². The molecule has 26 heavy (non-hydrogen) atoms. The van der Waals surface area contributed by atoms with Gasteiger partial charge in [0.25, 0.3) is 0 Å². The van der Waals surface area contributed by atoms with Gasteiger partial charge in [-0.25, -0.2) is 9.18 Å². The van der Waals surface area contributed by atoms with Gasteiger partial charge in [0.2, 0.25) is 5.91 Å². The van der Waals surface area contributed by atoms with Crippen molar-refractivity contribution in [2.75, 3.05) is 33.2 Å². The van der Waals surface area contributed by atoms with Gasteiger partial charge in [-0.3, -0.25) is 4.79 Å². The minimum atomic E-state index is -1.29. The Morgan fingerprint density at radius 1 is 1.31 bits per heavy atom. The van der Waals surface area contributed by atoms with E-state index in [0.717, 1.165) is 5.56 Å². The van der Waals surface area contributed by atoms with Crippen LogP contribution in [0.4, 0.5) is 9.18 Å². The molecule has 142 valence electrons. The van der Waals surface area contributed by atoms with Gasteiger partial charge >= 0.3 is 6.03 Å². The van der Waals surface area contributed by atoms with Crippen molar-refractivity contribution < 1.29 is 14.0 Å². The number of nitrogens with zero attached hydrogens (tertiary/aromatic N) is 2. The molecule has 7 heteroatoms. The molecule has 0 bridgehead atoms. The summed E-state index contributed by atoms with van der Waals surface area (Å²) in [6.07, 6.45) is 1.48. The average Bonchev–Trinajstić information content (AvgIpc) is 2.93. The Morgan fingerprint density at radius 2 is 1.96 bits per heavy atom. The SMILES string of the molecule is CN1CC(CNC(=O)N2CCC(F)(Cc3ccc(Cl)cc3)CC2)CC1=O. The fraction of sp³-hybridized carbons (Fsp3) is 0.579. The predicted octanol–water partition coefficient (Wildman–Crippen LogP) is 2.87. The van der Waals surface area contributed by atoms with Crippen LogP contribution in [0.1, 0.15) is 24.8 Å². The van der Waals surface area contributed by atoms with E-state index >= 15 is 4.39 Å². The van der Waals surface area contributed by atoms with Gasteiger partial charge in [0.1, 0.15) is 5.67 Å². The van der Waals surface area contributed by atoms with Crippen LogP contribution in [-0.2, 0) is 11.2 Å².